The van der Waals surface area contributed by atoms with Gasteiger partial charge >= 0.3 is 0 Å². The van der Waals surface area contributed by atoms with Crippen LogP contribution in [-0.4, -0.2) is 25.7 Å². The van der Waals surface area contributed by atoms with E-state index >= 15 is 0 Å². The predicted octanol–water partition coefficient (Wildman–Crippen LogP) is 1.52. The molecule has 0 unspecified atom stereocenters. The first-order valence-corrected chi connectivity index (χ1v) is 9.66. The molecule has 1 atom stereocenters. The minimum absolute atomic E-state index is 0.0908. The maximum atomic E-state index is 12.9. The largest absolute Gasteiger partial charge is 0.457 e. The third-order valence-corrected chi connectivity index (χ3v) is 6.27. The molecular formula is C18H23N3O4S. The summed E-state index contributed by atoms with van der Waals surface area (Å²) < 4.78 is 31.3. The molecule has 0 aliphatic heterocycles. The van der Waals surface area contributed by atoms with Crippen LogP contribution in [0.4, 0.5) is 0 Å². The second kappa shape index (κ2) is 8.31. The molecule has 2 aromatic carbocycles. The van der Waals surface area contributed by atoms with E-state index in [1.807, 2.05) is 18.2 Å². The summed E-state index contributed by atoms with van der Waals surface area (Å²) in [5.74, 6) is -0.00527. The van der Waals surface area contributed by atoms with Crippen LogP contribution in [0.25, 0.3) is 0 Å². The molecule has 0 saturated carbocycles. The predicted molar refractivity (Wildman–Crippen MR) is 99.2 cm³/mol. The fraction of sp³-hybridized carbons (Fsp3) is 0.278. The Bertz CT molecular complexity index is 838. The Kier molecular flexibility index (Phi) is 6.36. The van der Waals surface area contributed by atoms with E-state index in [0.29, 0.717) is 30.9 Å². The Morgan fingerprint density at radius 1 is 0.962 bits per heavy atom. The zero-order valence-corrected chi connectivity index (χ0v) is 15.1. The van der Waals surface area contributed by atoms with Crippen molar-refractivity contribution >= 4 is 15.7 Å². The number of hydrogen-bond acceptors (Lipinski definition) is 6. The molecule has 0 spiro atoms. The molecule has 140 valence electrons. The van der Waals surface area contributed by atoms with Crippen LogP contribution < -0.4 is 21.9 Å². The van der Waals surface area contributed by atoms with Gasteiger partial charge in [0.15, 0.2) is 0 Å². The van der Waals surface area contributed by atoms with Crippen molar-refractivity contribution in [2.75, 3.05) is 6.54 Å². The lowest BCUT2D eigenvalue weighted by Crippen LogP contribution is -2.57. The van der Waals surface area contributed by atoms with Gasteiger partial charge < -0.3 is 21.9 Å². The van der Waals surface area contributed by atoms with E-state index < -0.39 is 20.6 Å². The number of carbonyl (C=O) groups excluding carboxylic acids is 1. The molecular weight excluding hydrogens is 354 g/mol. The topological polar surface area (TPSA) is 138 Å². The van der Waals surface area contributed by atoms with Crippen LogP contribution in [-0.2, 0) is 14.6 Å². The average molecular weight is 377 g/mol. The molecule has 0 radical (unpaired) electrons. The van der Waals surface area contributed by atoms with Crippen LogP contribution in [0.15, 0.2) is 59.5 Å². The zero-order valence-electron chi connectivity index (χ0n) is 14.3. The molecule has 2 aromatic rings. The minimum Gasteiger partial charge on any atom is -0.457 e. The van der Waals surface area contributed by atoms with Crippen LogP contribution in [0, 0.1) is 0 Å². The Labute approximate surface area is 153 Å². The van der Waals surface area contributed by atoms with Gasteiger partial charge in [0.25, 0.3) is 5.91 Å². The van der Waals surface area contributed by atoms with E-state index in [0.717, 1.165) is 0 Å². The van der Waals surface area contributed by atoms with Crippen LogP contribution in [0.3, 0.4) is 0 Å². The number of benzene rings is 2. The summed E-state index contributed by atoms with van der Waals surface area (Å²) in [6.07, 6.45) is 0.833. The summed E-state index contributed by atoms with van der Waals surface area (Å²) in [7, 11) is -4.16. The van der Waals surface area contributed by atoms with Gasteiger partial charge in [-0.15, -0.1) is 0 Å². The van der Waals surface area contributed by atoms with Crippen molar-refractivity contribution in [3.63, 3.8) is 0 Å². The molecule has 6 N–H and O–H groups in total. The fourth-order valence-electron chi connectivity index (χ4n) is 2.44. The summed E-state index contributed by atoms with van der Waals surface area (Å²) >= 11 is 0. The van der Waals surface area contributed by atoms with Crippen LogP contribution in [0.5, 0.6) is 11.5 Å². The molecule has 26 heavy (non-hydrogen) atoms. The molecule has 0 aliphatic rings. The van der Waals surface area contributed by atoms with Gasteiger partial charge in [0.05, 0.1) is 4.90 Å². The first-order valence-electron chi connectivity index (χ1n) is 8.18. The van der Waals surface area contributed by atoms with Crippen molar-refractivity contribution in [1.29, 1.82) is 0 Å². The third-order valence-electron chi connectivity index (χ3n) is 4.01. The van der Waals surface area contributed by atoms with Gasteiger partial charge in [-0.3, -0.25) is 4.79 Å². The minimum atomic E-state index is -4.16. The monoisotopic (exact) mass is 377 g/mol. The van der Waals surface area contributed by atoms with Crippen molar-refractivity contribution < 1.29 is 17.9 Å². The number of para-hydroxylation sites is 1. The number of hydrogen-bond donors (Lipinski definition) is 3. The molecule has 0 bridgehead atoms. The maximum absolute atomic E-state index is 12.9. The van der Waals surface area contributed by atoms with Crippen LogP contribution in [0.2, 0.25) is 0 Å². The quantitative estimate of drug-likeness (QED) is 0.566. The van der Waals surface area contributed by atoms with E-state index in [2.05, 4.69) is 0 Å². The molecule has 0 aliphatic carbocycles. The normalized spacial score (nSPS) is 13.8. The van der Waals surface area contributed by atoms with Crippen LogP contribution >= 0.6 is 0 Å². The highest BCUT2D eigenvalue weighted by Gasteiger charge is 2.46. The molecule has 0 fully saturated rings. The number of ether oxygens (including phenoxy) is 1. The fourth-order valence-corrected chi connectivity index (χ4v) is 4.04. The number of amides is 1. The molecule has 2 rings (SSSR count). The summed E-state index contributed by atoms with van der Waals surface area (Å²) in [6, 6.07) is 14.8. The Morgan fingerprint density at radius 2 is 1.54 bits per heavy atom. The van der Waals surface area contributed by atoms with Crippen molar-refractivity contribution in [3.8, 4) is 11.5 Å². The molecule has 1 amide bonds. The third kappa shape index (κ3) is 4.21. The van der Waals surface area contributed by atoms with E-state index in [1.165, 1.54) is 24.3 Å². The lowest BCUT2D eigenvalue weighted by molar-refractivity contribution is -0.120. The number of rotatable bonds is 9. The summed E-state index contributed by atoms with van der Waals surface area (Å²) in [5.41, 5.74) is 16.6. The van der Waals surface area contributed by atoms with Gasteiger partial charge in [0.2, 0.25) is 14.7 Å². The number of nitrogens with two attached hydrogens (primary N) is 3. The molecule has 8 heteroatoms. The van der Waals surface area contributed by atoms with Gasteiger partial charge in [-0.2, -0.15) is 0 Å². The zero-order chi connectivity index (χ0) is 19.2. The highest BCUT2D eigenvalue weighted by Crippen LogP contribution is 2.29. The SMILES string of the molecule is NCCCC[C@@](N)(C(N)=O)S(=O)(=O)c1ccc(Oc2ccccc2)cc1. The number of primary amides is 1. The number of carbonyl (C=O) groups is 1. The van der Waals surface area contributed by atoms with Gasteiger partial charge in [-0.1, -0.05) is 18.2 Å². The van der Waals surface area contributed by atoms with Crippen molar-refractivity contribution in [3.05, 3.63) is 54.6 Å². The molecule has 7 nitrogen and oxygen atoms in total. The van der Waals surface area contributed by atoms with Gasteiger partial charge in [0, 0.05) is 0 Å². The molecule has 0 heterocycles. The lowest BCUT2D eigenvalue weighted by atomic mass is 10.1. The molecule has 0 aromatic heterocycles. The lowest BCUT2D eigenvalue weighted by Gasteiger charge is -2.26. The first-order chi connectivity index (χ1) is 12.3. The second-order valence-electron chi connectivity index (χ2n) is 5.89. The second-order valence-corrected chi connectivity index (χ2v) is 8.10. The van der Waals surface area contributed by atoms with Crippen molar-refractivity contribution in [2.24, 2.45) is 17.2 Å². The number of sulfone groups is 1. The van der Waals surface area contributed by atoms with E-state index in [4.69, 9.17) is 21.9 Å². The van der Waals surface area contributed by atoms with Crippen molar-refractivity contribution in [2.45, 2.75) is 29.0 Å². The van der Waals surface area contributed by atoms with E-state index in [-0.39, 0.29) is 11.3 Å². The summed E-state index contributed by atoms with van der Waals surface area (Å²) in [4.78, 5) is 9.54. The Balaban J connectivity index is 2.25. The molecule has 0 saturated heterocycles. The highest BCUT2D eigenvalue weighted by molar-refractivity contribution is 7.93. The van der Waals surface area contributed by atoms with Gasteiger partial charge in [0.1, 0.15) is 11.5 Å². The van der Waals surface area contributed by atoms with Crippen molar-refractivity contribution in [1.82, 2.24) is 0 Å². The smallest absolute Gasteiger partial charge is 0.253 e. The van der Waals surface area contributed by atoms with Crippen LogP contribution in [0.1, 0.15) is 19.3 Å². The van der Waals surface area contributed by atoms with Gasteiger partial charge in [-0.05, 0) is 62.2 Å². The Hall–Kier alpha value is -2.42. The highest BCUT2D eigenvalue weighted by atomic mass is 32.2. The summed E-state index contributed by atoms with van der Waals surface area (Å²) in [5, 5.41) is 0. The average Bonchev–Trinajstić information content (AvgIpc) is 2.63. The standard InChI is InChI=1S/C18H23N3O4S/c19-13-5-4-12-18(21,17(20)22)26(23,24)16-10-8-15(9-11-16)25-14-6-2-1-3-7-14/h1-3,6-11H,4-5,12-13,19,21H2,(H2,20,22)/t18-/m0/s1. The Morgan fingerprint density at radius 3 is 2.08 bits per heavy atom. The van der Waals surface area contributed by atoms with Gasteiger partial charge in [-0.25, -0.2) is 8.42 Å². The summed E-state index contributed by atoms with van der Waals surface area (Å²) in [6.45, 7) is 0.375. The first kappa shape index (κ1) is 19.9. The number of unbranched alkanes of at least 4 members (excludes halogenated alkanes) is 1. The van der Waals surface area contributed by atoms with E-state index in [1.54, 1.807) is 12.1 Å². The van der Waals surface area contributed by atoms with E-state index in [9.17, 15) is 13.2 Å². The maximum Gasteiger partial charge on any atom is 0.253 e.